The number of fused-ring (bicyclic) bond motifs is 1. The fraction of sp³-hybridized carbons (Fsp3) is 0.158. The second-order valence-corrected chi connectivity index (χ2v) is 7.63. The van der Waals surface area contributed by atoms with Gasteiger partial charge in [-0.1, -0.05) is 45.9 Å². The molecule has 0 atom stereocenters. The predicted molar refractivity (Wildman–Crippen MR) is 104 cm³/mol. The van der Waals surface area contributed by atoms with Crippen molar-refractivity contribution in [3.05, 3.63) is 71.0 Å². The maximum atomic E-state index is 12.7. The number of imidazole rings is 1. The van der Waals surface area contributed by atoms with Gasteiger partial charge in [0.15, 0.2) is 5.16 Å². The first kappa shape index (κ1) is 16.4. The number of hydrogen-bond acceptors (Lipinski definition) is 3. The van der Waals surface area contributed by atoms with E-state index in [9.17, 15) is 4.79 Å². The Morgan fingerprint density at radius 3 is 2.80 bits per heavy atom. The van der Waals surface area contributed by atoms with Crippen molar-refractivity contribution in [1.82, 2.24) is 9.55 Å². The highest BCUT2D eigenvalue weighted by atomic mass is 79.9. The lowest BCUT2D eigenvalue weighted by atomic mass is 10.2. The van der Waals surface area contributed by atoms with Crippen molar-refractivity contribution in [3.63, 3.8) is 0 Å². The fourth-order valence-electron chi connectivity index (χ4n) is 3.00. The second-order valence-electron chi connectivity index (χ2n) is 5.77. The van der Waals surface area contributed by atoms with Gasteiger partial charge in [-0.2, -0.15) is 0 Å². The molecular weight excluding hydrogens is 398 g/mol. The summed E-state index contributed by atoms with van der Waals surface area (Å²) in [5, 5.41) is 0.822. The largest absolute Gasteiger partial charge is 0.311 e. The molecule has 25 heavy (non-hydrogen) atoms. The molecule has 0 bridgehead atoms. The van der Waals surface area contributed by atoms with Crippen molar-refractivity contribution in [1.29, 1.82) is 0 Å². The molecule has 1 aliphatic rings. The van der Waals surface area contributed by atoms with E-state index in [1.807, 2.05) is 58.1 Å². The van der Waals surface area contributed by atoms with Crippen LogP contribution in [0.5, 0.6) is 0 Å². The quantitative estimate of drug-likeness (QED) is 0.597. The Morgan fingerprint density at radius 1 is 1.16 bits per heavy atom. The third-order valence-electron chi connectivity index (χ3n) is 4.22. The fourth-order valence-corrected chi connectivity index (χ4v) is 4.11. The Labute approximate surface area is 159 Å². The summed E-state index contributed by atoms with van der Waals surface area (Å²) in [4.78, 5) is 18.9. The van der Waals surface area contributed by atoms with Crippen molar-refractivity contribution < 1.29 is 4.79 Å². The van der Waals surface area contributed by atoms with Gasteiger partial charge in [-0.3, -0.25) is 9.36 Å². The number of halogens is 1. The molecule has 2 heterocycles. The number of rotatable bonds is 4. The Hall–Kier alpha value is -2.05. The lowest BCUT2D eigenvalue weighted by molar-refractivity contribution is -0.116. The van der Waals surface area contributed by atoms with Gasteiger partial charge < -0.3 is 4.90 Å². The van der Waals surface area contributed by atoms with Gasteiger partial charge in [-0.05, 0) is 42.3 Å². The second kappa shape index (κ2) is 7.06. The zero-order valence-electron chi connectivity index (χ0n) is 13.4. The van der Waals surface area contributed by atoms with Gasteiger partial charge in [0.2, 0.25) is 5.91 Å². The van der Waals surface area contributed by atoms with Crippen LogP contribution in [0.1, 0.15) is 5.56 Å². The highest BCUT2D eigenvalue weighted by molar-refractivity contribution is 9.10. The monoisotopic (exact) mass is 413 g/mol. The molecular formula is C19H16BrN3OS. The van der Waals surface area contributed by atoms with Gasteiger partial charge in [-0.25, -0.2) is 4.98 Å². The molecule has 2 aromatic carbocycles. The molecule has 6 heteroatoms. The number of hydrogen-bond donors (Lipinski definition) is 0. The number of nitrogens with zero attached hydrogens (tertiary/aromatic N) is 3. The van der Waals surface area contributed by atoms with Crippen LogP contribution < -0.4 is 4.90 Å². The maximum absolute atomic E-state index is 12.7. The zero-order chi connectivity index (χ0) is 17.2. The number of thioether (sulfide) groups is 1. The van der Waals surface area contributed by atoms with E-state index in [1.54, 1.807) is 6.20 Å². The van der Waals surface area contributed by atoms with Crippen LogP contribution in [0.4, 0.5) is 5.69 Å². The number of amides is 1. The third kappa shape index (κ3) is 3.37. The Morgan fingerprint density at radius 2 is 1.96 bits per heavy atom. The van der Waals surface area contributed by atoms with E-state index in [0.717, 1.165) is 34.0 Å². The molecule has 0 saturated carbocycles. The average Bonchev–Trinajstić information content (AvgIpc) is 3.27. The summed E-state index contributed by atoms with van der Waals surface area (Å²) in [6.07, 6.45) is 4.61. The van der Waals surface area contributed by atoms with Crippen molar-refractivity contribution >= 4 is 39.3 Å². The van der Waals surface area contributed by atoms with Crippen LogP contribution in [-0.4, -0.2) is 27.8 Å². The molecule has 0 aliphatic carbocycles. The highest BCUT2D eigenvalue weighted by Gasteiger charge is 2.24. The molecule has 3 aromatic rings. The van der Waals surface area contributed by atoms with E-state index < -0.39 is 0 Å². The molecule has 0 saturated heterocycles. The van der Waals surface area contributed by atoms with Crippen LogP contribution in [0.3, 0.4) is 0 Å². The van der Waals surface area contributed by atoms with Crippen LogP contribution in [0, 0.1) is 0 Å². The molecule has 0 radical (unpaired) electrons. The summed E-state index contributed by atoms with van der Waals surface area (Å²) in [7, 11) is 0. The first-order chi connectivity index (χ1) is 12.2. The minimum absolute atomic E-state index is 0.125. The van der Waals surface area contributed by atoms with Gasteiger partial charge >= 0.3 is 0 Å². The summed E-state index contributed by atoms with van der Waals surface area (Å²) < 4.78 is 3.04. The SMILES string of the molecule is O=C(CSc1nccn1-c1ccc(Br)cc1)N1CCc2ccccc21. The van der Waals surface area contributed by atoms with Gasteiger partial charge in [0.25, 0.3) is 0 Å². The third-order valence-corrected chi connectivity index (χ3v) is 5.70. The number of anilines is 1. The molecule has 1 aromatic heterocycles. The molecule has 1 amide bonds. The zero-order valence-corrected chi connectivity index (χ0v) is 15.8. The molecule has 4 rings (SSSR count). The minimum Gasteiger partial charge on any atom is -0.311 e. The van der Waals surface area contributed by atoms with Crippen LogP contribution >= 0.6 is 27.7 Å². The summed E-state index contributed by atoms with van der Waals surface area (Å²) in [6, 6.07) is 16.2. The molecule has 0 spiro atoms. The normalized spacial score (nSPS) is 13.1. The topological polar surface area (TPSA) is 38.1 Å². The molecule has 0 unspecified atom stereocenters. The summed E-state index contributed by atoms with van der Waals surface area (Å²) >= 11 is 4.92. The van der Waals surface area contributed by atoms with E-state index in [0.29, 0.717) is 5.75 Å². The maximum Gasteiger partial charge on any atom is 0.237 e. The molecule has 0 fully saturated rings. The summed E-state index contributed by atoms with van der Waals surface area (Å²) in [5.74, 6) is 0.502. The van der Waals surface area contributed by atoms with E-state index in [2.05, 4.69) is 27.0 Å². The van der Waals surface area contributed by atoms with Crippen LogP contribution in [0.2, 0.25) is 0 Å². The molecule has 0 N–H and O–H groups in total. The van der Waals surface area contributed by atoms with Gasteiger partial charge in [0.05, 0.1) is 5.75 Å². The van der Waals surface area contributed by atoms with Gasteiger partial charge in [0.1, 0.15) is 0 Å². The Kier molecular flexibility index (Phi) is 4.63. The van der Waals surface area contributed by atoms with E-state index in [1.165, 1.54) is 17.3 Å². The first-order valence-corrected chi connectivity index (χ1v) is 9.80. The predicted octanol–water partition coefficient (Wildman–Crippen LogP) is 4.32. The summed E-state index contributed by atoms with van der Waals surface area (Å²) in [5.41, 5.74) is 3.32. The first-order valence-electron chi connectivity index (χ1n) is 8.03. The number of carbonyl (C=O) groups is 1. The van der Waals surface area contributed by atoms with Crippen molar-refractivity contribution in [2.45, 2.75) is 11.6 Å². The van der Waals surface area contributed by atoms with Crippen LogP contribution in [0.25, 0.3) is 5.69 Å². The van der Waals surface area contributed by atoms with Crippen molar-refractivity contribution in [2.24, 2.45) is 0 Å². The smallest absolute Gasteiger partial charge is 0.237 e. The number of benzene rings is 2. The van der Waals surface area contributed by atoms with Crippen molar-refractivity contribution in [2.75, 3.05) is 17.2 Å². The van der Waals surface area contributed by atoms with E-state index in [4.69, 9.17) is 0 Å². The molecule has 126 valence electrons. The lowest BCUT2D eigenvalue weighted by Gasteiger charge is -2.17. The van der Waals surface area contributed by atoms with Crippen molar-refractivity contribution in [3.8, 4) is 5.69 Å². The Bertz CT molecular complexity index is 907. The molecule has 1 aliphatic heterocycles. The number of aromatic nitrogens is 2. The Balaban J connectivity index is 1.47. The van der Waals surface area contributed by atoms with E-state index >= 15 is 0 Å². The lowest BCUT2D eigenvalue weighted by Crippen LogP contribution is -2.30. The van der Waals surface area contributed by atoms with Crippen LogP contribution in [0.15, 0.2) is 70.6 Å². The summed E-state index contributed by atoms with van der Waals surface area (Å²) in [6.45, 7) is 0.764. The minimum atomic E-state index is 0.125. The number of para-hydroxylation sites is 1. The molecule has 4 nitrogen and oxygen atoms in total. The van der Waals surface area contributed by atoms with Gasteiger partial charge in [0, 0.05) is 34.8 Å². The number of carbonyl (C=O) groups excluding carboxylic acids is 1. The highest BCUT2D eigenvalue weighted by Crippen LogP contribution is 2.29. The van der Waals surface area contributed by atoms with E-state index in [-0.39, 0.29) is 5.91 Å². The average molecular weight is 414 g/mol. The standard InChI is InChI=1S/C19H16BrN3OS/c20-15-5-7-16(8-6-15)22-12-10-21-19(22)25-13-18(24)23-11-9-14-3-1-2-4-17(14)23/h1-8,10,12H,9,11,13H2. The van der Waals surface area contributed by atoms with Gasteiger partial charge in [-0.15, -0.1) is 0 Å². The van der Waals surface area contributed by atoms with Crippen LogP contribution in [-0.2, 0) is 11.2 Å².